The van der Waals surface area contributed by atoms with Gasteiger partial charge in [-0.05, 0) is 61.8 Å². The molecule has 0 bridgehead atoms. The van der Waals surface area contributed by atoms with Crippen molar-refractivity contribution in [1.82, 2.24) is 20.0 Å². The number of rotatable bonds is 4. The summed E-state index contributed by atoms with van der Waals surface area (Å²) in [4.78, 5) is 14.6. The Hall–Kier alpha value is -1.52. The maximum Gasteiger partial charge on any atom is 0.317 e. The predicted molar refractivity (Wildman–Crippen MR) is 93.6 cm³/mol. The summed E-state index contributed by atoms with van der Waals surface area (Å²) in [6.07, 6.45) is 14.1. The molecule has 1 aromatic heterocycles. The standard InChI is InChI=1S/C19H30N4O/c1-22-12-15(11-20-22)9-14-7-8-23(13-14)19(24)21-18-4-2-3-17(10-18)16-5-6-16/h11-12,14,16-18H,2-10,13H2,1H3,(H,21,24)/t14-,17+,18+/m0/s1. The highest BCUT2D eigenvalue weighted by molar-refractivity contribution is 5.74. The van der Waals surface area contributed by atoms with Crippen molar-refractivity contribution in [2.45, 2.75) is 57.4 Å². The van der Waals surface area contributed by atoms with Crippen LogP contribution in [0.2, 0.25) is 0 Å². The zero-order chi connectivity index (χ0) is 16.5. The SMILES string of the molecule is Cn1cc(C[C@@H]2CCN(C(=O)N[C@@H]3CCC[C@@H](C4CC4)C3)C2)cn1. The number of nitrogens with one attached hydrogen (secondary N) is 1. The zero-order valence-corrected chi connectivity index (χ0v) is 14.8. The van der Waals surface area contributed by atoms with Crippen LogP contribution < -0.4 is 5.32 Å². The van der Waals surface area contributed by atoms with E-state index in [-0.39, 0.29) is 6.03 Å². The minimum atomic E-state index is 0.171. The zero-order valence-electron chi connectivity index (χ0n) is 14.8. The summed E-state index contributed by atoms with van der Waals surface area (Å²) in [5.41, 5.74) is 1.28. The molecule has 1 aromatic rings. The summed E-state index contributed by atoms with van der Waals surface area (Å²) in [7, 11) is 1.96. The Morgan fingerprint density at radius 2 is 2.12 bits per heavy atom. The number of carbonyl (C=O) groups excluding carboxylic acids is 1. The molecule has 2 saturated carbocycles. The van der Waals surface area contributed by atoms with Crippen LogP contribution in [-0.2, 0) is 13.5 Å². The largest absolute Gasteiger partial charge is 0.335 e. The van der Waals surface area contributed by atoms with E-state index in [0.717, 1.165) is 37.8 Å². The Morgan fingerprint density at radius 3 is 2.88 bits per heavy atom. The normalized spacial score (nSPS) is 30.5. The molecule has 2 heterocycles. The average Bonchev–Trinajstić information content (AvgIpc) is 3.19. The molecule has 132 valence electrons. The number of amides is 2. The van der Waals surface area contributed by atoms with Crippen LogP contribution in [0.15, 0.2) is 12.4 Å². The fourth-order valence-electron chi connectivity index (χ4n) is 4.71. The van der Waals surface area contributed by atoms with Gasteiger partial charge in [0.1, 0.15) is 0 Å². The minimum absolute atomic E-state index is 0.171. The van der Waals surface area contributed by atoms with Crippen LogP contribution in [0.3, 0.4) is 0 Å². The first-order valence-electron chi connectivity index (χ1n) is 9.70. The summed E-state index contributed by atoms with van der Waals surface area (Å²) in [5.74, 6) is 2.42. The third kappa shape index (κ3) is 3.76. The van der Waals surface area contributed by atoms with Crippen molar-refractivity contribution >= 4 is 6.03 Å². The van der Waals surface area contributed by atoms with E-state index in [0.29, 0.717) is 12.0 Å². The first kappa shape index (κ1) is 16.0. The highest BCUT2D eigenvalue weighted by atomic mass is 16.2. The van der Waals surface area contributed by atoms with Crippen molar-refractivity contribution in [3.05, 3.63) is 18.0 Å². The molecule has 24 heavy (non-hydrogen) atoms. The van der Waals surface area contributed by atoms with Crippen molar-refractivity contribution in [2.24, 2.45) is 24.8 Å². The highest BCUT2D eigenvalue weighted by Gasteiger charge is 2.36. The lowest BCUT2D eigenvalue weighted by atomic mass is 9.83. The molecule has 5 nitrogen and oxygen atoms in total. The van der Waals surface area contributed by atoms with Crippen LogP contribution in [0.25, 0.3) is 0 Å². The van der Waals surface area contributed by atoms with Gasteiger partial charge in [-0.2, -0.15) is 5.10 Å². The summed E-state index contributed by atoms with van der Waals surface area (Å²) in [5, 5.41) is 7.57. The molecule has 0 radical (unpaired) electrons. The molecule has 1 N–H and O–H groups in total. The molecular weight excluding hydrogens is 300 g/mol. The number of nitrogens with zero attached hydrogens (tertiary/aromatic N) is 3. The number of urea groups is 1. The quantitative estimate of drug-likeness (QED) is 0.923. The van der Waals surface area contributed by atoms with E-state index >= 15 is 0 Å². The number of likely N-dealkylation sites (tertiary alicyclic amines) is 1. The molecule has 4 rings (SSSR count). The molecular formula is C19H30N4O. The average molecular weight is 330 g/mol. The van der Waals surface area contributed by atoms with Gasteiger partial charge in [-0.3, -0.25) is 4.68 Å². The van der Waals surface area contributed by atoms with Gasteiger partial charge in [0.15, 0.2) is 0 Å². The van der Waals surface area contributed by atoms with E-state index < -0.39 is 0 Å². The Labute approximate surface area is 144 Å². The van der Waals surface area contributed by atoms with E-state index in [4.69, 9.17) is 0 Å². The molecule has 2 amide bonds. The van der Waals surface area contributed by atoms with Gasteiger partial charge >= 0.3 is 6.03 Å². The van der Waals surface area contributed by atoms with Crippen LogP contribution in [0.5, 0.6) is 0 Å². The van der Waals surface area contributed by atoms with Gasteiger partial charge in [0.05, 0.1) is 6.20 Å². The topological polar surface area (TPSA) is 50.2 Å². The Kier molecular flexibility index (Phi) is 4.51. The first-order chi connectivity index (χ1) is 11.7. The molecule has 1 aliphatic heterocycles. The second-order valence-electron chi connectivity index (χ2n) is 8.24. The summed E-state index contributed by atoms with van der Waals surface area (Å²) in [6.45, 7) is 1.79. The molecule has 3 fully saturated rings. The first-order valence-corrected chi connectivity index (χ1v) is 9.70. The number of hydrogen-bond donors (Lipinski definition) is 1. The summed E-state index contributed by atoms with van der Waals surface area (Å²) >= 11 is 0. The number of aromatic nitrogens is 2. The van der Waals surface area contributed by atoms with Crippen LogP contribution in [0.1, 0.15) is 50.5 Å². The fraction of sp³-hybridized carbons (Fsp3) is 0.789. The molecule has 0 spiro atoms. The van der Waals surface area contributed by atoms with Crippen LogP contribution in [0.4, 0.5) is 4.79 Å². The van der Waals surface area contributed by atoms with Gasteiger partial charge in [0, 0.05) is 32.4 Å². The smallest absolute Gasteiger partial charge is 0.317 e. The Morgan fingerprint density at radius 1 is 1.25 bits per heavy atom. The van der Waals surface area contributed by atoms with Crippen molar-refractivity contribution in [3.63, 3.8) is 0 Å². The third-order valence-corrected chi connectivity index (χ3v) is 6.19. The predicted octanol–water partition coefficient (Wildman–Crippen LogP) is 2.96. The number of hydrogen-bond acceptors (Lipinski definition) is 2. The fourth-order valence-corrected chi connectivity index (χ4v) is 4.71. The van der Waals surface area contributed by atoms with E-state index in [1.54, 1.807) is 0 Å². The number of aryl methyl sites for hydroxylation is 1. The monoisotopic (exact) mass is 330 g/mol. The number of carbonyl (C=O) groups is 1. The van der Waals surface area contributed by atoms with Gasteiger partial charge in [0.2, 0.25) is 0 Å². The lowest BCUT2D eigenvalue weighted by Gasteiger charge is -2.31. The van der Waals surface area contributed by atoms with Crippen molar-refractivity contribution in [1.29, 1.82) is 0 Å². The van der Waals surface area contributed by atoms with Crippen LogP contribution in [-0.4, -0.2) is 39.8 Å². The second-order valence-corrected chi connectivity index (χ2v) is 8.24. The van der Waals surface area contributed by atoms with Gasteiger partial charge in [-0.15, -0.1) is 0 Å². The molecule has 5 heteroatoms. The Balaban J connectivity index is 1.24. The Bertz CT molecular complexity index is 580. The van der Waals surface area contributed by atoms with Crippen molar-refractivity contribution in [2.75, 3.05) is 13.1 Å². The van der Waals surface area contributed by atoms with E-state index in [9.17, 15) is 4.79 Å². The van der Waals surface area contributed by atoms with Gasteiger partial charge in [-0.1, -0.05) is 12.8 Å². The van der Waals surface area contributed by atoms with E-state index in [1.165, 1.54) is 44.1 Å². The molecule has 0 aromatic carbocycles. The van der Waals surface area contributed by atoms with E-state index in [1.807, 2.05) is 22.8 Å². The maximum absolute atomic E-state index is 12.6. The van der Waals surface area contributed by atoms with Crippen LogP contribution in [0, 0.1) is 17.8 Å². The molecule has 2 aliphatic carbocycles. The minimum Gasteiger partial charge on any atom is -0.335 e. The van der Waals surface area contributed by atoms with Crippen molar-refractivity contribution in [3.8, 4) is 0 Å². The maximum atomic E-state index is 12.6. The van der Waals surface area contributed by atoms with Crippen molar-refractivity contribution < 1.29 is 4.79 Å². The summed E-state index contributed by atoms with van der Waals surface area (Å²) < 4.78 is 1.86. The second kappa shape index (κ2) is 6.77. The van der Waals surface area contributed by atoms with Gasteiger partial charge in [-0.25, -0.2) is 4.79 Å². The summed E-state index contributed by atoms with van der Waals surface area (Å²) in [6, 6.07) is 0.583. The molecule has 0 unspecified atom stereocenters. The molecule has 1 saturated heterocycles. The van der Waals surface area contributed by atoms with Crippen LogP contribution >= 0.6 is 0 Å². The highest BCUT2D eigenvalue weighted by Crippen LogP contribution is 2.43. The lowest BCUT2D eigenvalue weighted by molar-refractivity contribution is 0.191. The third-order valence-electron chi connectivity index (χ3n) is 6.19. The van der Waals surface area contributed by atoms with E-state index in [2.05, 4.69) is 16.6 Å². The van der Waals surface area contributed by atoms with Gasteiger partial charge in [0.25, 0.3) is 0 Å². The lowest BCUT2D eigenvalue weighted by Crippen LogP contribution is -2.45. The molecule has 3 aliphatic rings. The molecule has 3 atom stereocenters. The van der Waals surface area contributed by atoms with Gasteiger partial charge < -0.3 is 10.2 Å².